The molecule has 0 aliphatic carbocycles. The van der Waals surface area contributed by atoms with Crippen LogP contribution >= 0.6 is 11.6 Å². The van der Waals surface area contributed by atoms with Crippen molar-refractivity contribution < 1.29 is 23.0 Å². The quantitative estimate of drug-likeness (QED) is 0.487. The van der Waals surface area contributed by atoms with Gasteiger partial charge in [-0.25, -0.2) is 23.7 Å². The van der Waals surface area contributed by atoms with Crippen LogP contribution in [0.1, 0.15) is 6.42 Å². The second-order valence-electron chi connectivity index (χ2n) is 7.23. The normalized spacial score (nSPS) is 15.6. The molecule has 1 saturated heterocycles. The fourth-order valence-corrected chi connectivity index (χ4v) is 3.62. The Morgan fingerprint density at radius 2 is 2.18 bits per heavy atom. The Morgan fingerprint density at radius 3 is 2.94 bits per heavy atom. The van der Waals surface area contributed by atoms with Crippen molar-refractivity contribution in [1.82, 2.24) is 19.9 Å². The Kier molecular flexibility index (Phi) is 6.83. The molecule has 1 atom stereocenters. The number of carbonyl (C=O) groups excluding carboxylic acids is 1. The number of fused-ring (bicyclic) bond motifs is 1. The number of hydrogen-bond acceptors (Lipinski definition) is 7. The third-order valence-corrected chi connectivity index (χ3v) is 5.23. The van der Waals surface area contributed by atoms with Crippen molar-refractivity contribution in [2.45, 2.75) is 19.0 Å². The number of likely N-dealkylation sites (tertiary alicyclic amines) is 1. The van der Waals surface area contributed by atoms with Gasteiger partial charge in [0.1, 0.15) is 30.3 Å². The molecule has 3 aromatic rings. The van der Waals surface area contributed by atoms with E-state index in [2.05, 4.69) is 26.8 Å². The predicted molar refractivity (Wildman–Crippen MR) is 119 cm³/mol. The first-order chi connectivity index (χ1) is 15.9. The van der Waals surface area contributed by atoms with Gasteiger partial charge in [-0.05, 0) is 30.3 Å². The summed E-state index contributed by atoms with van der Waals surface area (Å²) >= 11 is 6.15. The Balaban J connectivity index is 1.51. The molecule has 172 valence electrons. The number of alkyl halides is 2. The van der Waals surface area contributed by atoms with E-state index >= 15 is 0 Å². The summed E-state index contributed by atoms with van der Waals surface area (Å²) in [7, 11) is 0. The number of nitrogens with one attached hydrogen (secondary N) is 1. The first-order valence-electron chi connectivity index (χ1n) is 10.1. The smallest absolute Gasteiger partial charge is 0.272 e. The lowest BCUT2D eigenvalue weighted by atomic mass is 10.3. The van der Waals surface area contributed by atoms with Crippen molar-refractivity contribution in [2.24, 2.45) is 0 Å². The van der Waals surface area contributed by atoms with E-state index in [1.807, 2.05) is 0 Å². The van der Waals surface area contributed by atoms with Crippen LogP contribution in [0.3, 0.4) is 0 Å². The number of aromatic nitrogens is 3. The van der Waals surface area contributed by atoms with Crippen LogP contribution in [-0.2, 0) is 4.79 Å². The number of halogens is 3. The summed E-state index contributed by atoms with van der Waals surface area (Å²) in [6.07, 6.45) is 0.594. The van der Waals surface area contributed by atoms with Crippen LogP contribution in [0.4, 0.5) is 20.3 Å². The molecule has 11 heteroatoms. The number of nitrogens with zero attached hydrogens (tertiary/aromatic N) is 4. The minimum Gasteiger partial charge on any atom is -0.486 e. The van der Waals surface area contributed by atoms with Crippen LogP contribution in [0.5, 0.6) is 11.6 Å². The second kappa shape index (κ2) is 9.95. The molecule has 1 amide bonds. The van der Waals surface area contributed by atoms with E-state index < -0.39 is 13.0 Å². The van der Waals surface area contributed by atoms with Crippen molar-refractivity contribution in [3.63, 3.8) is 0 Å². The molecule has 1 aliphatic heterocycles. The van der Waals surface area contributed by atoms with Gasteiger partial charge in [-0.3, -0.25) is 4.79 Å². The van der Waals surface area contributed by atoms with E-state index in [0.29, 0.717) is 47.9 Å². The lowest BCUT2D eigenvalue weighted by Gasteiger charge is -2.15. The van der Waals surface area contributed by atoms with Crippen LogP contribution in [0.2, 0.25) is 5.02 Å². The van der Waals surface area contributed by atoms with Gasteiger partial charge in [0.15, 0.2) is 5.82 Å². The summed E-state index contributed by atoms with van der Waals surface area (Å²) in [5.41, 5.74) is 1.63. The van der Waals surface area contributed by atoms with Crippen LogP contribution in [0.25, 0.3) is 11.0 Å². The Hall–Kier alpha value is -3.53. The van der Waals surface area contributed by atoms with Gasteiger partial charge in [-0.2, -0.15) is 0 Å². The minimum absolute atomic E-state index is 0.128. The molecule has 1 aliphatic rings. The van der Waals surface area contributed by atoms with E-state index in [1.165, 1.54) is 18.5 Å². The molecule has 0 saturated carbocycles. The molecule has 8 nitrogen and oxygen atoms in total. The first kappa shape index (κ1) is 22.7. The lowest BCUT2D eigenvalue weighted by molar-refractivity contribution is -0.125. The molecule has 0 radical (unpaired) electrons. The van der Waals surface area contributed by atoms with Crippen molar-refractivity contribution in [2.75, 3.05) is 25.0 Å². The molecule has 1 N–H and O–H groups in total. The molecule has 1 fully saturated rings. The van der Waals surface area contributed by atoms with Crippen LogP contribution in [0.15, 0.2) is 49.3 Å². The highest BCUT2D eigenvalue weighted by Crippen LogP contribution is 2.31. The zero-order valence-electron chi connectivity index (χ0n) is 17.4. The monoisotopic (exact) mass is 475 g/mol. The summed E-state index contributed by atoms with van der Waals surface area (Å²) in [6.45, 7) is 3.82. The van der Waals surface area contributed by atoms with E-state index in [1.54, 1.807) is 29.2 Å². The molecular weight excluding hydrogens is 456 g/mol. The maximum atomic E-state index is 12.4. The second-order valence-corrected chi connectivity index (χ2v) is 7.64. The molecule has 0 bridgehead atoms. The third-order valence-electron chi connectivity index (χ3n) is 4.93. The average molecular weight is 476 g/mol. The van der Waals surface area contributed by atoms with E-state index in [4.69, 9.17) is 21.1 Å². The van der Waals surface area contributed by atoms with E-state index in [0.717, 1.165) is 0 Å². The van der Waals surface area contributed by atoms with E-state index in [9.17, 15) is 13.6 Å². The van der Waals surface area contributed by atoms with Gasteiger partial charge in [-0.15, -0.1) is 0 Å². The summed E-state index contributed by atoms with van der Waals surface area (Å²) in [6, 6.07) is 8.14. The number of hydrogen-bond donors (Lipinski definition) is 1. The summed E-state index contributed by atoms with van der Waals surface area (Å²) in [4.78, 5) is 26.5. The molecule has 2 aromatic heterocycles. The molecule has 1 aromatic carbocycles. The van der Waals surface area contributed by atoms with Gasteiger partial charge in [0.05, 0.1) is 17.1 Å². The number of carbonyl (C=O) groups is 1. The third kappa shape index (κ3) is 5.46. The zero-order valence-corrected chi connectivity index (χ0v) is 18.1. The number of pyridine rings is 1. The lowest BCUT2D eigenvalue weighted by Crippen LogP contribution is -2.29. The largest absolute Gasteiger partial charge is 0.486 e. The summed E-state index contributed by atoms with van der Waals surface area (Å²) in [5.74, 6) is 0.825. The number of anilines is 2. The Labute approximate surface area is 193 Å². The highest BCUT2D eigenvalue weighted by molar-refractivity contribution is 6.32. The molecule has 0 unspecified atom stereocenters. The summed E-state index contributed by atoms with van der Waals surface area (Å²) in [5, 5.41) is 3.29. The van der Waals surface area contributed by atoms with Crippen molar-refractivity contribution >= 4 is 40.0 Å². The Bertz CT molecular complexity index is 1180. The van der Waals surface area contributed by atoms with Gasteiger partial charge >= 0.3 is 0 Å². The van der Waals surface area contributed by atoms with E-state index in [-0.39, 0.29) is 22.8 Å². The van der Waals surface area contributed by atoms with Gasteiger partial charge in [0.25, 0.3) is 6.43 Å². The molecule has 3 heterocycles. The predicted octanol–water partition coefficient (Wildman–Crippen LogP) is 4.23. The average Bonchev–Trinajstić information content (AvgIpc) is 3.27. The maximum absolute atomic E-state index is 12.4. The topological polar surface area (TPSA) is 89.5 Å². The number of amides is 1. The fraction of sp³-hybridized carbons (Fsp3) is 0.273. The molecule has 33 heavy (non-hydrogen) atoms. The zero-order chi connectivity index (χ0) is 23.4. The highest BCUT2D eigenvalue weighted by atomic mass is 35.5. The van der Waals surface area contributed by atoms with Crippen molar-refractivity contribution in [3.05, 3.63) is 54.3 Å². The van der Waals surface area contributed by atoms with Crippen molar-refractivity contribution in [1.29, 1.82) is 0 Å². The standard InChI is InChI=1S/C22H20ClF2N5O3/c1-2-20(31)30-8-7-14(10-30)33-19-6-4-16-21(29-19)22(27-12-26-16)28-13-3-5-17(15(23)9-13)32-11-18(24)25/h2-6,9,12,14,18H,1,7-8,10-11H2,(H,26,27,28)/t14-/m0/s1. The van der Waals surface area contributed by atoms with Gasteiger partial charge in [0, 0.05) is 24.7 Å². The fourth-order valence-electron chi connectivity index (χ4n) is 3.39. The van der Waals surface area contributed by atoms with Gasteiger partial charge in [0.2, 0.25) is 11.8 Å². The van der Waals surface area contributed by atoms with Crippen LogP contribution in [-0.4, -0.2) is 58.0 Å². The SMILES string of the molecule is C=CC(=O)N1CC[C@H](Oc2ccc3ncnc(Nc4ccc(OCC(F)F)c(Cl)c4)c3n2)C1. The molecule has 4 rings (SSSR count). The molecule has 0 spiro atoms. The number of ether oxygens (including phenoxy) is 2. The summed E-state index contributed by atoms with van der Waals surface area (Å²) < 4.78 is 35.7. The highest BCUT2D eigenvalue weighted by Gasteiger charge is 2.26. The van der Waals surface area contributed by atoms with Crippen LogP contribution in [0, 0.1) is 0 Å². The number of benzene rings is 1. The van der Waals surface area contributed by atoms with Crippen molar-refractivity contribution in [3.8, 4) is 11.6 Å². The first-order valence-corrected chi connectivity index (χ1v) is 10.5. The van der Waals surface area contributed by atoms with Crippen LogP contribution < -0.4 is 14.8 Å². The Morgan fingerprint density at radius 1 is 1.33 bits per heavy atom. The maximum Gasteiger partial charge on any atom is 0.272 e. The number of rotatable bonds is 8. The van der Waals surface area contributed by atoms with Gasteiger partial charge < -0.3 is 19.7 Å². The molecular formula is C22H20ClF2N5O3. The minimum atomic E-state index is -2.59. The van der Waals surface area contributed by atoms with Gasteiger partial charge in [-0.1, -0.05) is 18.2 Å².